The van der Waals surface area contributed by atoms with E-state index in [-0.39, 0.29) is 6.61 Å². The zero-order chi connectivity index (χ0) is 17.1. The van der Waals surface area contributed by atoms with Crippen LogP contribution in [0.2, 0.25) is 0 Å². The molecule has 3 aromatic heterocycles. The second-order valence-corrected chi connectivity index (χ2v) is 6.83. The smallest absolute Gasteiger partial charge is 0.125 e. The van der Waals surface area contributed by atoms with Gasteiger partial charge in [-0.25, -0.2) is 9.67 Å². The number of hydrogen-bond acceptors (Lipinski definition) is 6. The highest BCUT2D eigenvalue weighted by Gasteiger charge is 2.13. The first-order valence-corrected chi connectivity index (χ1v) is 8.87. The van der Waals surface area contributed by atoms with Crippen LogP contribution in [-0.2, 0) is 13.1 Å². The third-order valence-corrected chi connectivity index (χ3v) is 4.93. The molecule has 0 spiro atoms. The molecular weight excluding hydrogens is 324 g/mol. The van der Waals surface area contributed by atoms with E-state index in [0.717, 1.165) is 33.5 Å². The van der Waals surface area contributed by atoms with Gasteiger partial charge in [0.1, 0.15) is 11.6 Å². The molecule has 3 aromatic rings. The largest absolute Gasteiger partial charge is 0.469 e. The quantitative estimate of drug-likeness (QED) is 0.683. The first-order valence-electron chi connectivity index (χ1n) is 8.00. The van der Waals surface area contributed by atoms with E-state index in [2.05, 4.69) is 34.6 Å². The molecule has 0 fully saturated rings. The van der Waals surface area contributed by atoms with Crippen LogP contribution in [0.25, 0.3) is 11.3 Å². The first kappa shape index (κ1) is 16.7. The summed E-state index contributed by atoms with van der Waals surface area (Å²) in [6.07, 6.45) is 1.66. The summed E-state index contributed by atoms with van der Waals surface area (Å²) in [6, 6.07) is 3.88. The number of thiazole rings is 1. The minimum absolute atomic E-state index is 0.0361. The van der Waals surface area contributed by atoms with Gasteiger partial charge in [0.2, 0.25) is 0 Å². The Morgan fingerprint density at radius 3 is 2.88 bits per heavy atom. The molecule has 0 aliphatic carbocycles. The van der Waals surface area contributed by atoms with Crippen LogP contribution in [0, 0.1) is 6.92 Å². The lowest BCUT2D eigenvalue weighted by molar-refractivity contribution is 0.270. The highest BCUT2D eigenvalue weighted by molar-refractivity contribution is 7.09. The summed E-state index contributed by atoms with van der Waals surface area (Å²) in [5.74, 6) is 2.13. The van der Waals surface area contributed by atoms with Crippen molar-refractivity contribution in [2.45, 2.75) is 39.8 Å². The average molecular weight is 346 g/mol. The fraction of sp³-hybridized carbons (Fsp3) is 0.412. The van der Waals surface area contributed by atoms with Crippen molar-refractivity contribution in [3.05, 3.63) is 40.2 Å². The van der Waals surface area contributed by atoms with Gasteiger partial charge in [0, 0.05) is 22.9 Å². The third kappa shape index (κ3) is 3.52. The maximum absolute atomic E-state index is 9.27. The molecule has 0 amide bonds. The van der Waals surface area contributed by atoms with Gasteiger partial charge >= 0.3 is 0 Å². The standard InChI is InChI=1S/C17H22N4O2S/c1-11(2)17-19-13(10-24-17)9-18-16-8-15(20-21(16)5-6-22)14-4-7-23-12(14)3/h4,7-8,10-11,18,22H,5-6,9H2,1-3H3. The molecule has 0 saturated carbocycles. The number of rotatable bonds is 7. The van der Waals surface area contributed by atoms with Crippen molar-refractivity contribution in [2.24, 2.45) is 0 Å². The number of aliphatic hydroxyl groups excluding tert-OH is 1. The van der Waals surface area contributed by atoms with Gasteiger partial charge in [0.05, 0.1) is 42.4 Å². The number of nitrogens with zero attached hydrogens (tertiary/aromatic N) is 3. The van der Waals surface area contributed by atoms with Crippen LogP contribution in [0.1, 0.15) is 36.2 Å². The second kappa shape index (κ2) is 7.19. The second-order valence-electron chi connectivity index (χ2n) is 5.94. The number of nitrogens with one attached hydrogen (secondary N) is 1. The molecule has 0 aromatic carbocycles. The monoisotopic (exact) mass is 346 g/mol. The van der Waals surface area contributed by atoms with Crippen LogP contribution in [0.3, 0.4) is 0 Å². The Hall–Kier alpha value is -2.12. The molecule has 3 rings (SSSR count). The molecule has 7 heteroatoms. The van der Waals surface area contributed by atoms with Gasteiger partial charge in [0.15, 0.2) is 0 Å². The molecule has 6 nitrogen and oxygen atoms in total. The summed E-state index contributed by atoms with van der Waals surface area (Å²) < 4.78 is 7.13. The number of aromatic nitrogens is 3. The van der Waals surface area contributed by atoms with Gasteiger partial charge < -0.3 is 14.8 Å². The zero-order valence-electron chi connectivity index (χ0n) is 14.1. The molecule has 24 heavy (non-hydrogen) atoms. The average Bonchev–Trinajstić information content (AvgIpc) is 3.25. The fourth-order valence-corrected chi connectivity index (χ4v) is 3.29. The predicted octanol–water partition coefficient (Wildman–Crippen LogP) is 3.64. The van der Waals surface area contributed by atoms with Gasteiger partial charge in [-0.15, -0.1) is 11.3 Å². The zero-order valence-corrected chi connectivity index (χ0v) is 14.9. The molecule has 0 atom stereocenters. The van der Waals surface area contributed by atoms with Crippen molar-refractivity contribution in [1.29, 1.82) is 0 Å². The number of hydrogen-bond donors (Lipinski definition) is 2. The summed E-state index contributed by atoms with van der Waals surface area (Å²) >= 11 is 1.69. The summed E-state index contributed by atoms with van der Waals surface area (Å²) in [5, 5.41) is 20.4. The molecular formula is C17H22N4O2S. The SMILES string of the molecule is Cc1occc1-c1cc(NCc2csc(C(C)C)n2)n(CCO)n1. The lowest BCUT2D eigenvalue weighted by atomic mass is 10.2. The first-order chi connectivity index (χ1) is 11.6. The van der Waals surface area contributed by atoms with Gasteiger partial charge in [-0.1, -0.05) is 13.8 Å². The molecule has 128 valence electrons. The van der Waals surface area contributed by atoms with Crippen molar-refractivity contribution in [3.63, 3.8) is 0 Å². The van der Waals surface area contributed by atoms with Crippen molar-refractivity contribution in [1.82, 2.24) is 14.8 Å². The molecule has 0 radical (unpaired) electrons. The molecule has 0 unspecified atom stereocenters. The Labute approximate surface area is 145 Å². The van der Waals surface area contributed by atoms with E-state index in [1.54, 1.807) is 22.3 Å². The van der Waals surface area contributed by atoms with E-state index in [1.807, 2.05) is 19.1 Å². The highest BCUT2D eigenvalue weighted by atomic mass is 32.1. The van der Waals surface area contributed by atoms with E-state index < -0.39 is 0 Å². The summed E-state index contributed by atoms with van der Waals surface area (Å²) in [6.45, 7) is 7.31. The Morgan fingerprint density at radius 1 is 1.42 bits per heavy atom. The minimum atomic E-state index is 0.0361. The Morgan fingerprint density at radius 2 is 2.25 bits per heavy atom. The minimum Gasteiger partial charge on any atom is -0.469 e. The van der Waals surface area contributed by atoms with E-state index in [1.165, 1.54) is 0 Å². The van der Waals surface area contributed by atoms with Crippen molar-refractivity contribution in [3.8, 4) is 11.3 Å². The normalized spacial score (nSPS) is 11.4. The molecule has 0 bridgehead atoms. The predicted molar refractivity (Wildman–Crippen MR) is 95.3 cm³/mol. The van der Waals surface area contributed by atoms with Gasteiger partial charge in [-0.2, -0.15) is 5.10 Å². The molecule has 2 N–H and O–H groups in total. The molecule has 0 aliphatic rings. The van der Waals surface area contributed by atoms with Gasteiger partial charge in [-0.05, 0) is 13.0 Å². The van der Waals surface area contributed by atoms with Crippen LogP contribution in [0.15, 0.2) is 28.2 Å². The Kier molecular flexibility index (Phi) is 5.01. The van der Waals surface area contributed by atoms with Crippen molar-refractivity contribution in [2.75, 3.05) is 11.9 Å². The fourth-order valence-electron chi connectivity index (χ4n) is 2.46. The van der Waals surface area contributed by atoms with Crippen molar-refractivity contribution >= 4 is 17.2 Å². The van der Waals surface area contributed by atoms with E-state index in [0.29, 0.717) is 19.0 Å². The maximum Gasteiger partial charge on any atom is 0.125 e. The Balaban J connectivity index is 1.78. The number of furan rings is 1. The highest BCUT2D eigenvalue weighted by Crippen LogP contribution is 2.26. The topological polar surface area (TPSA) is 76.1 Å². The van der Waals surface area contributed by atoms with Gasteiger partial charge in [0.25, 0.3) is 0 Å². The number of aryl methyl sites for hydroxylation is 1. The van der Waals surface area contributed by atoms with Crippen LogP contribution in [-0.4, -0.2) is 26.5 Å². The summed E-state index contributed by atoms with van der Waals surface area (Å²) in [4.78, 5) is 4.63. The summed E-state index contributed by atoms with van der Waals surface area (Å²) in [5.41, 5.74) is 2.81. The third-order valence-electron chi connectivity index (χ3n) is 3.74. The lowest BCUT2D eigenvalue weighted by Crippen LogP contribution is -2.10. The van der Waals surface area contributed by atoms with E-state index in [4.69, 9.17) is 4.42 Å². The maximum atomic E-state index is 9.27. The van der Waals surface area contributed by atoms with Crippen molar-refractivity contribution < 1.29 is 9.52 Å². The number of anilines is 1. The summed E-state index contributed by atoms with van der Waals surface area (Å²) in [7, 11) is 0. The van der Waals surface area contributed by atoms with Crippen LogP contribution < -0.4 is 5.32 Å². The molecule has 3 heterocycles. The van der Waals surface area contributed by atoms with Crippen LogP contribution in [0.4, 0.5) is 5.82 Å². The molecule has 0 aliphatic heterocycles. The van der Waals surface area contributed by atoms with E-state index >= 15 is 0 Å². The van der Waals surface area contributed by atoms with E-state index in [9.17, 15) is 5.11 Å². The van der Waals surface area contributed by atoms with Crippen LogP contribution in [0.5, 0.6) is 0 Å². The van der Waals surface area contributed by atoms with Gasteiger partial charge in [-0.3, -0.25) is 0 Å². The van der Waals surface area contributed by atoms with Crippen LogP contribution >= 0.6 is 11.3 Å². The Bertz CT molecular complexity index is 803. The lowest BCUT2D eigenvalue weighted by Gasteiger charge is -2.07. The molecule has 0 saturated heterocycles. The number of aliphatic hydroxyl groups is 1.